The third kappa shape index (κ3) is 4.32. The van der Waals surface area contributed by atoms with Gasteiger partial charge >= 0.3 is 0 Å². The zero-order chi connectivity index (χ0) is 23.5. The first kappa shape index (κ1) is 22.6. The molecule has 0 saturated carbocycles. The van der Waals surface area contributed by atoms with Crippen LogP contribution in [0.15, 0.2) is 72.8 Å². The van der Waals surface area contributed by atoms with Crippen LogP contribution in [0.2, 0.25) is 0 Å². The first-order chi connectivity index (χ1) is 16.7. The van der Waals surface area contributed by atoms with E-state index < -0.39 is 0 Å². The minimum Gasteiger partial charge on any atom is -0.367 e. The first-order valence-electron chi connectivity index (χ1n) is 12.5. The molecule has 1 saturated heterocycles. The van der Waals surface area contributed by atoms with E-state index in [0.29, 0.717) is 17.1 Å². The first-order valence-corrected chi connectivity index (χ1v) is 12.5. The number of piperazine rings is 1. The number of aromatic amines is 1. The van der Waals surface area contributed by atoms with Crippen LogP contribution in [0, 0.1) is 5.82 Å². The molecule has 2 heterocycles. The van der Waals surface area contributed by atoms with Crippen molar-refractivity contribution in [3.8, 4) is 0 Å². The lowest BCUT2D eigenvalue weighted by molar-refractivity contribution is 0.212. The van der Waals surface area contributed by atoms with Crippen LogP contribution in [0.1, 0.15) is 55.6 Å². The van der Waals surface area contributed by atoms with Crippen molar-refractivity contribution in [3.05, 3.63) is 95.6 Å². The van der Waals surface area contributed by atoms with E-state index in [2.05, 4.69) is 94.3 Å². The van der Waals surface area contributed by atoms with Crippen molar-refractivity contribution in [3.63, 3.8) is 0 Å². The van der Waals surface area contributed by atoms with Gasteiger partial charge in [-0.2, -0.15) is 0 Å². The quantitative estimate of drug-likeness (QED) is 0.344. The molecule has 34 heavy (non-hydrogen) atoms. The van der Waals surface area contributed by atoms with Gasteiger partial charge in [0.2, 0.25) is 0 Å². The van der Waals surface area contributed by atoms with Gasteiger partial charge < -0.3 is 9.88 Å². The lowest BCUT2D eigenvalue weighted by atomic mass is 9.96. The Hall–Kier alpha value is -3.18. The third-order valence-corrected chi connectivity index (χ3v) is 7.21. The summed E-state index contributed by atoms with van der Waals surface area (Å²) in [6.45, 7) is 7.60. The Balaban J connectivity index is 1.37. The molecule has 5 heteroatoms. The molecule has 176 valence electrons. The average molecular weight is 457 g/mol. The van der Waals surface area contributed by atoms with Gasteiger partial charge in [-0.15, -0.1) is 0 Å². The van der Waals surface area contributed by atoms with Crippen LogP contribution < -0.4 is 4.90 Å². The predicted molar refractivity (Wildman–Crippen MR) is 138 cm³/mol. The maximum atomic E-state index is 15.6. The number of rotatable bonds is 7. The fraction of sp³-hybridized carbons (Fsp3) is 0.345. The molecule has 0 atom stereocenters. The van der Waals surface area contributed by atoms with Gasteiger partial charge in [0.1, 0.15) is 11.3 Å². The molecular formula is C29H33FN4. The normalized spacial score (nSPS) is 15.0. The molecule has 0 spiro atoms. The summed E-state index contributed by atoms with van der Waals surface area (Å²) in [6, 6.07) is 25.4. The number of hydrogen-bond donors (Lipinski definition) is 1. The number of aromatic nitrogens is 2. The number of fused-ring (bicyclic) bond motifs is 1. The number of anilines is 1. The maximum Gasteiger partial charge on any atom is 0.174 e. The molecule has 1 N–H and O–H groups in total. The second-order valence-corrected chi connectivity index (χ2v) is 9.18. The molecule has 3 aromatic carbocycles. The summed E-state index contributed by atoms with van der Waals surface area (Å²) in [5.41, 5.74) is 4.49. The van der Waals surface area contributed by atoms with E-state index in [1.165, 1.54) is 11.1 Å². The van der Waals surface area contributed by atoms with Crippen molar-refractivity contribution in [2.75, 3.05) is 31.1 Å². The smallest absolute Gasteiger partial charge is 0.174 e. The Labute approximate surface area is 201 Å². The molecular weight excluding hydrogens is 423 g/mol. The molecule has 1 fully saturated rings. The Kier molecular flexibility index (Phi) is 6.63. The van der Waals surface area contributed by atoms with Gasteiger partial charge in [-0.25, -0.2) is 9.37 Å². The van der Waals surface area contributed by atoms with E-state index in [1.54, 1.807) is 0 Å². The number of hydrogen-bond acceptors (Lipinski definition) is 3. The highest BCUT2D eigenvalue weighted by atomic mass is 19.1. The zero-order valence-corrected chi connectivity index (χ0v) is 20.0. The van der Waals surface area contributed by atoms with Crippen LogP contribution in [-0.4, -0.2) is 41.0 Å². The summed E-state index contributed by atoms with van der Waals surface area (Å²) < 4.78 is 15.6. The fourth-order valence-corrected chi connectivity index (χ4v) is 5.27. The van der Waals surface area contributed by atoms with Gasteiger partial charge in [0.25, 0.3) is 0 Å². The third-order valence-electron chi connectivity index (χ3n) is 7.21. The van der Waals surface area contributed by atoms with Crippen molar-refractivity contribution in [1.82, 2.24) is 14.9 Å². The van der Waals surface area contributed by atoms with Crippen LogP contribution in [0.25, 0.3) is 11.0 Å². The van der Waals surface area contributed by atoms with Crippen LogP contribution in [0.3, 0.4) is 0 Å². The van der Waals surface area contributed by atoms with Crippen LogP contribution in [0.4, 0.5) is 10.1 Å². The van der Waals surface area contributed by atoms with Gasteiger partial charge in [0.05, 0.1) is 17.2 Å². The second-order valence-electron chi connectivity index (χ2n) is 9.18. The highest BCUT2D eigenvalue weighted by Gasteiger charge is 2.28. The van der Waals surface area contributed by atoms with Crippen molar-refractivity contribution in [1.29, 1.82) is 0 Å². The van der Waals surface area contributed by atoms with Crippen molar-refractivity contribution >= 4 is 16.7 Å². The molecule has 4 aromatic rings. The molecule has 1 aliphatic heterocycles. The number of benzene rings is 3. The number of nitrogens with one attached hydrogen (secondary N) is 1. The number of nitrogens with zero attached hydrogens (tertiary/aromatic N) is 3. The summed E-state index contributed by atoms with van der Waals surface area (Å²) >= 11 is 0. The summed E-state index contributed by atoms with van der Waals surface area (Å²) in [4.78, 5) is 12.7. The van der Waals surface area contributed by atoms with Crippen LogP contribution in [0.5, 0.6) is 0 Å². The minimum atomic E-state index is -0.206. The second kappa shape index (κ2) is 9.98. The minimum absolute atomic E-state index is 0.200. The van der Waals surface area contributed by atoms with E-state index >= 15 is 4.39 Å². The Morgan fingerprint density at radius 2 is 1.41 bits per heavy atom. The SMILES string of the molecule is CCC(CC)c1nc2c(F)c(N3CCN(C(c4ccccc4)c4ccccc4)CC3)ccc2[nH]1. The fourth-order valence-electron chi connectivity index (χ4n) is 5.27. The molecule has 0 radical (unpaired) electrons. The van der Waals surface area contributed by atoms with Gasteiger partial charge in [-0.1, -0.05) is 74.5 Å². The highest BCUT2D eigenvalue weighted by molar-refractivity contribution is 5.81. The standard InChI is InChI=1S/C29H33FN4/c1-3-21(4-2)29-31-24-15-16-25(26(30)27(24)32-29)33-17-19-34(20-18-33)28(22-11-7-5-8-12-22)23-13-9-6-10-14-23/h5-16,21,28H,3-4,17-20H2,1-2H3,(H,31,32). The van der Waals surface area contributed by atoms with Gasteiger partial charge in [-0.05, 0) is 36.1 Å². The van der Waals surface area contributed by atoms with Crippen molar-refractivity contribution in [2.45, 2.75) is 38.6 Å². The monoisotopic (exact) mass is 456 g/mol. The van der Waals surface area contributed by atoms with E-state index in [9.17, 15) is 0 Å². The summed E-state index contributed by atoms with van der Waals surface area (Å²) in [7, 11) is 0. The molecule has 1 aromatic heterocycles. The molecule has 5 rings (SSSR count). The van der Waals surface area contributed by atoms with Gasteiger partial charge in [0, 0.05) is 32.1 Å². The maximum absolute atomic E-state index is 15.6. The van der Waals surface area contributed by atoms with Crippen LogP contribution in [-0.2, 0) is 0 Å². The molecule has 0 bridgehead atoms. The predicted octanol–water partition coefficient (Wildman–Crippen LogP) is 6.52. The lowest BCUT2D eigenvalue weighted by Crippen LogP contribution is -2.48. The zero-order valence-electron chi connectivity index (χ0n) is 20.0. The molecule has 0 unspecified atom stereocenters. The summed E-state index contributed by atoms with van der Waals surface area (Å²) in [6.07, 6.45) is 1.99. The van der Waals surface area contributed by atoms with E-state index in [-0.39, 0.29) is 11.9 Å². The number of halogens is 1. The summed E-state index contributed by atoms with van der Waals surface area (Å²) in [5, 5.41) is 0. The van der Waals surface area contributed by atoms with E-state index in [0.717, 1.165) is 50.4 Å². The topological polar surface area (TPSA) is 35.2 Å². The Morgan fingerprint density at radius 1 is 0.824 bits per heavy atom. The van der Waals surface area contributed by atoms with E-state index in [4.69, 9.17) is 0 Å². The Bertz CT molecular complexity index is 1170. The summed E-state index contributed by atoms with van der Waals surface area (Å²) in [5.74, 6) is 1.03. The van der Waals surface area contributed by atoms with Gasteiger partial charge in [0.15, 0.2) is 5.82 Å². The molecule has 0 aliphatic carbocycles. The number of H-pyrrole nitrogens is 1. The van der Waals surface area contributed by atoms with Gasteiger partial charge in [-0.3, -0.25) is 4.90 Å². The van der Waals surface area contributed by atoms with Crippen LogP contribution >= 0.6 is 0 Å². The van der Waals surface area contributed by atoms with Crippen molar-refractivity contribution < 1.29 is 4.39 Å². The number of imidazole rings is 1. The average Bonchev–Trinajstić information content (AvgIpc) is 3.32. The van der Waals surface area contributed by atoms with Crippen molar-refractivity contribution in [2.24, 2.45) is 0 Å². The largest absolute Gasteiger partial charge is 0.367 e. The molecule has 4 nitrogen and oxygen atoms in total. The highest BCUT2D eigenvalue weighted by Crippen LogP contribution is 2.33. The molecule has 0 amide bonds. The lowest BCUT2D eigenvalue weighted by Gasteiger charge is -2.40. The molecule has 1 aliphatic rings. The Morgan fingerprint density at radius 3 is 1.97 bits per heavy atom. The van der Waals surface area contributed by atoms with E-state index in [1.807, 2.05) is 12.1 Å².